The Morgan fingerprint density at radius 2 is 1.86 bits per heavy atom. The van der Waals surface area contributed by atoms with Gasteiger partial charge in [-0.15, -0.1) is 0 Å². The summed E-state index contributed by atoms with van der Waals surface area (Å²) in [6.45, 7) is 6.29. The van der Waals surface area contributed by atoms with Gasteiger partial charge in [0.15, 0.2) is 11.6 Å². The lowest BCUT2D eigenvalue weighted by Crippen LogP contribution is -2.19. The molecule has 1 aromatic rings. The molecule has 0 heterocycles. The van der Waals surface area contributed by atoms with E-state index in [1.807, 2.05) is 0 Å². The van der Waals surface area contributed by atoms with E-state index in [0.717, 1.165) is 18.4 Å². The number of rotatable bonds is 3. The predicted octanol–water partition coefficient (Wildman–Crippen LogP) is 3.61. The van der Waals surface area contributed by atoms with Gasteiger partial charge in [-0.25, -0.2) is 4.39 Å². The number of phenolic OH excluding ortho intramolecular Hbond substituents is 1. The van der Waals surface area contributed by atoms with Gasteiger partial charge in [-0.05, 0) is 36.0 Å². The summed E-state index contributed by atoms with van der Waals surface area (Å²) in [7, 11) is 0. The maximum Gasteiger partial charge on any atom is 0.165 e. The normalized spacial score (nSPS) is 11.7. The molecule has 0 amide bonds. The zero-order chi connectivity index (χ0) is 10.8. The highest BCUT2D eigenvalue weighted by Gasteiger charge is 2.22. The first kappa shape index (κ1) is 11.0. The molecule has 14 heavy (non-hydrogen) atoms. The first-order chi connectivity index (χ1) is 6.53. The van der Waals surface area contributed by atoms with E-state index in [4.69, 9.17) is 5.11 Å². The van der Waals surface area contributed by atoms with E-state index in [2.05, 4.69) is 20.8 Å². The molecule has 0 saturated heterocycles. The summed E-state index contributed by atoms with van der Waals surface area (Å²) in [5, 5.41) is 9.08. The monoisotopic (exact) mass is 196 g/mol. The summed E-state index contributed by atoms with van der Waals surface area (Å²) in [6.07, 6.45) is 1.93. The highest BCUT2D eigenvalue weighted by molar-refractivity contribution is 5.32. The Balaban J connectivity index is 3.12. The first-order valence-corrected chi connectivity index (χ1v) is 5.02. The molecule has 0 spiro atoms. The highest BCUT2D eigenvalue weighted by atomic mass is 19.1. The van der Waals surface area contributed by atoms with Gasteiger partial charge in [0.1, 0.15) is 0 Å². The molecule has 0 aliphatic rings. The topological polar surface area (TPSA) is 20.2 Å². The fraction of sp³-hybridized carbons (Fsp3) is 0.500. The van der Waals surface area contributed by atoms with E-state index >= 15 is 0 Å². The van der Waals surface area contributed by atoms with E-state index < -0.39 is 5.82 Å². The lowest BCUT2D eigenvalue weighted by molar-refractivity contribution is 0.416. The SMILES string of the molecule is CCC(C)(CC)c1ccc(O)c(F)c1. The third kappa shape index (κ3) is 1.89. The van der Waals surface area contributed by atoms with E-state index in [0.29, 0.717) is 0 Å². The van der Waals surface area contributed by atoms with Crippen molar-refractivity contribution < 1.29 is 9.50 Å². The zero-order valence-electron chi connectivity index (χ0n) is 8.97. The first-order valence-electron chi connectivity index (χ1n) is 5.02. The molecule has 0 aromatic heterocycles. The Hall–Kier alpha value is -1.05. The van der Waals surface area contributed by atoms with Gasteiger partial charge in [0.2, 0.25) is 0 Å². The molecule has 0 atom stereocenters. The molecule has 2 heteroatoms. The summed E-state index contributed by atoms with van der Waals surface area (Å²) in [5.74, 6) is -0.807. The summed E-state index contributed by atoms with van der Waals surface area (Å²) in [6, 6.07) is 4.65. The molecule has 0 fully saturated rings. The fourth-order valence-electron chi connectivity index (χ4n) is 1.54. The van der Waals surface area contributed by atoms with Gasteiger partial charge in [0.25, 0.3) is 0 Å². The van der Waals surface area contributed by atoms with E-state index in [1.54, 1.807) is 6.07 Å². The standard InChI is InChI=1S/C12H17FO/c1-4-12(3,5-2)9-6-7-11(14)10(13)8-9/h6-8,14H,4-5H2,1-3H3. The van der Waals surface area contributed by atoms with Crippen LogP contribution in [0.5, 0.6) is 5.75 Å². The molecule has 1 nitrogen and oxygen atoms in total. The zero-order valence-corrected chi connectivity index (χ0v) is 8.97. The fourth-order valence-corrected chi connectivity index (χ4v) is 1.54. The maximum atomic E-state index is 13.1. The Bertz CT molecular complexity index is 316. The quantitative estimate of drug-likeness (QED) is 0.783. The summed E-state index contributed by atoms with van der Waals surface area (Å²) in [4.78, 5) is 0. The molecular weight excluding hydrogens is 179 g/mol. The Morgan fingerprint density at radius 1 is 1.29 bits per heavy atom. The van der Waals surface area contributed by atoms with Crippen LogP contribution in [0.3, 0.4) is 0 Å². The number of halogens is 1. The van der Waals surface area contributed by atoms with Gasteiger partial charge in [-0.1, -0.05) is 26.8 Å². The number of hydrogen-bond acceptors (Lipinski definition) is 1. The third-order valence-corrected chi connectivity index (χ3v) is 3.21. The Labute approximate surface area is 84.6 Å². The van der Waals surface area contributed by atoms with Crippen molar-refractivity contribution in [3.8, 4) is 5.75 Å². The molecule has 78 valence electrons. The van der Waals surface area contributed by atoms with Crippen LogP contribution in [0, 0.1) is 5.82 Å². The molecule has 0 saturated carbocycles. The van der Waals surface area contributed by atoms with E-state index in [9.17, 15) is 4.39 Å². The molecule has 0 unspecified atom stereocenters. The average Bonchev–Trinajstić information content (AvgIpc) is 2.21. The van der Waals surface area contributed by atoms with Gasteiger partial charge in [-0.3, -0.25) is 0 Å². The lowest BCUT2D eigenvalue weighted by Gasteiger charge is -2.27. The van der Waals surface area contributed by atoms with Crippen LogP contribution < -0.4 is 0 Å². The van der Waals surface area contributed by atoms with Gasteiger partial charge >= 0.3 is 0 Å². The lowest BCUT2D eigenvalue weighted by atomic mass is 9.78. The third-order valence-electron chi connectivity index (χ3n) is 3.21. The van der Waals surface area contributed by atoms with Crippen LogP contribution in [-0.2, 0) is 5.41 Å². The Kier molecular flexibility index (Phi) is 3.14. The van der Waals surface area contributed by atoms with Crippen molar-refractivity contribution in [2.75, 3.05) is 0 Å². The Morgan fingerprint density at radius 3 is 2.29 bits per heavy atom. The van der Waals surface area contributed by atoms with Gasteiger partial charge in [0.05, 0.1) is 0 Å². The second-order valence-electron chi connectivity index (χ2n) is 3.93. The van der Waals surface area contributed by atoms with Gasteiger partial charge in [-0.2, -0.15) is 0 Å². The molecule has 0 bridgehead atoms. The van der Waals surface area contributed by atoms with Crippen LogP contribution in [0.1, 0.15) is 39.2 Å². The predicted molar refractivity (Wildman–Crippen MR) is 56.0 cm³/mol. The molecule has 0 radical (unpaired) electrons. The second kappa shape index (κ2) is 3.99. The van der Waals surface area contributed by atoms with Crippen molar-refractivity contribution in [2.45, 2.75) is 39.0 Å². The molecule has 0 aliphatic heterocycles. The smallest absolute Gasteiger partial charge is 0.165 e. The van der Waals surface area contributed by atoms with Gasteiger partial charge in [0, 0.05) is 0 Å². The maximum absolute atomic E-state index is 13.1. The average molecular weight is 196 g/mol. The molecule has 1 N–H and O–H groups in total. The van der Waals surface area contributed by atoms with Crippen LogP contribution >= 0.6 is 0 Å². The number of hydrogen-bond donors (Lipinski definition) is 1. The van der Waals surface area contributed by atoms with Crippen molar-refractivity contribution in [3.05, 3.63) is 29.6 Å². The summed E-state index contributed by atoms with van der Waals surface area (Å²) < 4.78 is 13.1. The molecule has 1 aromatic carbocycles. The highest BCUT2D eigenvalue weighted by Crippen LogP contribution is 2.32. The minimum absolute atomic E-state index is 0.00847. The van der Waals surface area contributed by atoms with Crippen LogP contribution in [-0.4, -0.2) is 5.11 Å². The van der Waals surface area contributed by atoms with Crippen LogP contribution in [0.15, 0.2) is 18.2 Å². The molecular formula is C12H17FO. The minimum Gasteiger partial charge on any atom is -0.505 e. The van der Waals surface area contributed by atoms with Gasteiger partial charge < -0.3 is 5.11 Å². The van der Waals surface area contributed by atoms with Crippen LogP contribution in [0.25, 0.3) is 0 Å². The second-order valence-corrected chi connectivity index (χ2v) is 3.93. The van der Waals surface area contributed by atoms with Crippen molar-refractivity contribution in [1.29, 1.82) is 0 Å². The van der Waals surface area contributed by atoms with E-state index in [1.165, 1.54) is 12.1 Å². The summed E-state index contributed by atoms with van der Waals surface area (Å²) in [5.41, 5.74) is 0.965. The number of phenols is 1. The van der Waals surface area contributed by atoms with Crippen molar-refractivity contribution >= 4 is 0 Å². The van der Waals surface area contributed by atoms with Crippen molar-refractivity contribution in [2.24, 2.45) is 0 Å². The molecule has 0 aliphatic carbocycles. The summed E-state index contributed by atoms with van der Waals surface area (Å²) >= 11 is 0. The van der Waals surface area contributed by atoms with Crippen LogP contribution in [0.2, 0.25) is 0 Å². The minimum atomic E-state index is -0.532. The van der Waals surface area contributed by atoms with Crippen molar-refractivity contribution in [1.82, 2.24) is 0 Å². The largest absolute Gasteiger partial charge is 0.505 e. The van der Waals surface area contributed by atoms with Crippen molar-refractivity contribution in [3.63, 3.8) is 0 Å². The van der Waals surface area contributed by atoms with Crippen LogP contribution in [0.4, 0.5) is 4.39 Å². The number of aromatic hydroxyl groups is 1. The van der Waals surface area contributed by atoms with E-state index in [-0.39, 0.29) is 11.2 Å². The number of benzene rings is 1. The molecule has 1 rings (SSSR count).